The molecular weight excluding hydrogens is 250 g/mol. The van der Waals surface area contributed by atoms with E-state index in [2.05, 4.69) is 24.3 Å². The smallest absolute Gasteiger partial charge is 0.246 e. The maximum Gasteiger partial charge on any atom is 0.246 e. The van der Waals surface area contributed by atoms with Crippen molar-refractivity contribution in [2.45, 2.75) is 76.7 Å². The maximum absolute atomic E-state index is 5.67. The van der Waals surface area contributed by atoms with Gasteiger partial charge in [0.15, 0.2) is 5.82 Å². The van der Waals surface area contributed by atoms with Crippen LogP contribution in [0.1, 0.15) is 82.8 Å². The lowest BCUT2D eigenvalue weighted by molar-refractivity contribution is 0.239. The summed E-state index contributed by atoms with van der Waals surface area (Å²) in [5.41, 5.74) is -0.0414. The van der Waals surface area contributed by atoms with Gasteiger partial charge in [-0.3, -0.25) is 0 Å². The second-order valence-corrected chi connectivity index (χ2v) is 6.79. The number of rotatable bonds is 4. The molecule has 20 heavy (non-hydrogen) atoms. The Bertz CT molecular complexity index is 437. The second kappa shape index (κ2) is 5.84. The number of hydrogen-bond donors (Lipinski definition) is 1. The Balaban J connectivity index is 1.78. The van der Waals surface area contributed by atoms with Crippen molar-refractivity contribution in [2.24, 2.45) is 5.92 Å². The van der Waals surface area contributed by atoms with Crippen molar-refractivity contribution in [3.63, 3.8) is 0 Å². The molecule has 3 unspecified atom stereocenters. The normalized spacial score (nSPS) is 34.5. The lowest BCUT2D eigenvalue weighted by Crippen LogP contribution is -2.37. The van der Waals surface area contributed by atoms with E-state index >= 15 is 0 Å². The van der Waals surface area contributed by atoms with Gasteiger partial charge in [0.1, 0.15) is 0 Å². The zero-order valence-electron chi connectivity index (χ0n) is 12.8. The van der Waals surface area contributed by atoms with Gasteiger partial charge in [-0.05, 0) is 44.6 Å². The molecule has 4 heteroatoms. The third-order valence-electron chi connectivity index (χ3n) is 5.07. The van der Waals surface area contributed by atoms with E-state index in [0.717, 1.165) is 43.4 Å². The van der Waals surface area contributed by atoms with E-state index < -0.39 is 0 Å². The molecule has 0 amide bonds. The van der Waals surface area contributed by atoms with Crippen molar-refractivity contribution < 1.29 is 4.52 Å². The van der Waals surface area contributed by atoms with Gasteiger partial charge in [-0.2, -0.15) is 4.98 Å². The molecule has 3 atom stereocenters. The topological polar surface area (TPSA) is 51.0 Å². The Morgan fingerprint density at radius 1 is 1.35 bits per heavy atom. The molecule has 4 nitrogen and oxygen atoms in total. The van der Waals surface area contributed by atoms with Crippen molar-refractivity contribution >= 4 is 0 Å². The van der Waals surface area contributed by atoms with Crippen LogP contribution < -0.4 is 5.32 Å². The van der Waals surface area contributed by atoms with Crippen LogP contribution in [0.5, 0.6) is 0 Å². The first-order valence-corrected chi connectivity index (χ1v) is 8.32. The minimum Gasteiger partial charge on any atom is -0.337 e. The average Bonchev–Trinajstić information content (AvgIpc) is 3.08. The largest absolute Gasteiger partial charge is 0.337 e. The van der Waals surface area contributed by atoms with Crippen LogP contribution in [-0.4, -0.2) is 16.7 Å². The van der Waals surface area contributed by atoms with E-state index in [1.807, 2.05) is 0 Å². The third kappa shape index (κ3) is 2.62. The standard InChI is InChI=1S/C16H27N3O/c1-3-8-16(9-5-10-17-16)15-18-14(19-20-15)13-7-4-6-12(2)11-13/h12-13,17H,3-11H2,1-2H3. The summed E-state index contributed by atoms with van der Waals surface area (Å²) in [5.74, 6) is 3.10. The van der Waals surface area contributed by atoms with Crippen molar-refractivity contribution in [3.05, 3.63) is 11.7 Å². The molecule has 1 aliphatic carbocycles. The molecule has 2 fully saturated rings. The summed E-state index contributed by atoms with van der Waals surface area (Å²) in [5, 5.41) is 7.94. The van der Waals surface area contributed by atoms with Gasteiger partial charge in [-0.15, -0.1) is 0 Å². The fraction of sp³-hybridized carbons (Fsp3) is 0.875. The third-order valence-corrected chi connectivity index (χ3v) is 5.07. The van der Waals surface area contributed by atoms with Gasteiger partial charge in [0.2, 0.25) is 5.89 Å². The summed E-state index contributed by atoms with van der Waals surface area (Å²) < 4.78 is 5.67. The molecular formula is C16H27N3O. The summed E-state index contributed by atoms with van der Waals surface area (Å²) >= 11 is 0. The quantitative estimate of drug-likeness (QED) is 0.910. The molecule has 1 saturated carbocycles. The Morgan fingerprint density at radius 3 is 2.95 bits per heavy atom. The van der Waals surface area contributed by atoms with Crippen molar-refractivity contribution in [2.75, 3.05) is 6.54 Å². The van der Waals surface area contributed by atoms with E-state index in [0.29, 0.717) is 5.92 Å². The zero-order chi connectivity index (χ0) is 14.0. The number of nitrogens with zero attached hydrogens (tertiary/aromatic N) is 2. The van der Waals surface area contributed by atoms with Crippen LogP contribution in [0.25, 0.3) is 0 Å². The molecule has 0 bridgehead atoms. The molecule has 0 spiro atoms. The van der Waals surface area contributed by atoms with Crippen LogP contribution in [0.4, 0.5) is 0 Å². The van der Waals surface area contributed by atoms with E-state index in [1.165, 1.54) is 32.1 Å². The highest BCUT2D eigenvalue weighted by Crippen LogP contribution is 2.38. The molecule has 0 radical (unpaired) electrons. The second-order valence-electron chi connectivity index (χ2n) is 6.79. The molecule has 0 aromatic carbocycles. The number of aromatic nitrogens is 2. The predicted molar refractivity (Wildman–Crippen MR) is 78.5 cm³/mol. The number of hydrogen-bond acceptors (Lipinski definition) is 4. The van der Waals surface area contributed by atoms with Crippen LogP contribution in [0.2, 0.25) is 0 Å². The molecule has 2 aliphatic rings. The summed E-state index contributed by atoms with van der Waals surface area (Å²) in [6.45, 7) is 5.63. The van der Waals surface area contributed by atoms with Crippen LogP contribution in [0.15, 0.2) is 4.52 Å². The molecule has 112 valence electrons. The molecule has 1 saturated heterocycles. The SMILES string of the molecule is CCCC1(c2nc(C3CCCC(C)C3)no2)CCCN1. The van der Waals surface area contributed by atoms with E-state index in [4.69, 9.17) is 9.51 Å². The Labute approximate surface area is 121 Å². The maximum atomic E-state index is 5.67. The first-order valence-electron chi connectivity index (χ1n) is 8.32. The molecule has 1 aliphatic heterocycles. The summed E-state index contributed by atoms with van der Waals surface area (Å²) in [7, 11) is 0. The van der Waals surface area contributed by atoms with Gasteiger partial charge in [-0.25, -0.2) is 0 Å². The van der Waals surface area contributed by atoms with Crippen LogP contribution in [0, 0.1) is 5.92 Å². The van der Waals surface area contributed by atoms with Gasteiger partial charge in [0.25, 0.3) is 0 Å². The summed E-state index contributed by atoms with van der Waals surface area (Å²) in [6.07, 6.45) is 9.66. The summed E-state index contributed by atoms with van der Waals surface area (Å²) in [4.78, 5) is 4.80. The van der Waals surface area contributed by atoms with Crippen molar-refractivity contribution in [3.8, 4) is 0 Å². The van der Waals surface area contributed by atoms with Gasteiger partial charge in [0, 0.05) is 5.92 Å². The summed E-state index contributed by atoms with van der Waals surface area (Å²) in [6, 6.07) is 0. The van der Waals surface area contributed by atoms with Crippen LogP contribution in [0.3, 0.4) is 0 Å². The fourth-order valence-electron chi connectivity index (χ4n) is 4.00. The van der Waals surface area contributed by atoms with E-state index in [9.17, 15) is 0 Å². The highest BCUT2D eigenvalue weighted by molar-refractivity contribution is 5.08. The van der Waals surface area contributed by atoms with Crippen molar-refractivity contribution in [1.29, 1.82) is 0 Å². The lowest BCUT2D eigenvalue weighted by atomic mass is 9.82. The predicted octanol–water partition coefficient (Wildman–Crippen LogP) is 3.74. The van der Waals surface area contributed by atoms with Crippen LogP contribution >= 0.6 is 0 Å². The van der Waals surface area contributed by atoms with Crippen LogP contribution in [-0.2, 0) is 5.54 Å². The highest BCUT2D eigenvalue weighted by Gasteiger charge is 2.40. The van der Waals surface area contributed by atoms with Gasteiger partial charge in [0.05, 0.1) is 5.54 Å². The lowest BCUT2D eigenvalue weighted by Gasteiger charge is -2.25. The van der Waals surface area contributed by atoms with Gasteiger partial charge in [-0.1, -0.05) is 38.3 Å². The number of nitrogens with one attached hydrogen (secondary N) is 1. The minimum atomic E-state index is -0.0414. The first kappa shape index (κ1) is 14.1. The Kier molecular flexibility index (Phi) is 4.11. The average molecular weight is 277 g/mol. The Hall–Kier alpha value is -0.900. The molecule has 1 N–H and O–H groups in total. The zero-order valence-corrected chi connectivity index (χ0v) is 12.8. The van der Waals surface area contributed by atoms with E-state index in [1.54, 1.807) is 0 Å². The monoisotopic (exact) mass is 277 g/mol. The molecule has 1 aromatic heterocycles. The van der Waals surface area contributed by atoms with E-state index in [-0.39, 0.29) is 5.54 Å². The minimum absolute atomic E-state index is 0.0414. The van der Waals surface area contributed by atoms with Gasteiger partial charge < -0.3 is 9.84 Å². The molecule has 1 aromatic rings. The van der Waals surface area contributed by atoms with Crippen molar-refractivity contribution in [1.82, 2.24) is 15.5 Å². The molecule has 3 rings (SSSR count). The molecule has 2 heterocycles. The van der Waals surface area contributed by atoms with Gasteiger partial charge >= 0.3 is 0 Å². The first-order chi connectivity index (χ1) is 9.73. The Morgan fingerprint density at radius 2 is 2.25 bits per heavy atom. The fourth-order valence-corrected chi connectivity index (χ4v) is 4.00. The highest BCUT2D eigenvalue weighted by atomic mass is 16.5.